The van der Waals surface area contributed by atoms with Crippen molar-refractivity contribution >= 4 is 39.9 Å². The number of carbonyl (C=O) groups is 2. The topological polar surface area (TPSA) is 93.3 Å². The number of hydrogen-bond donors (Lipinski definition) is 1. The van der Waals surface area contributed by atoms with Crippen molar-refractivity contribution in [3.05, 3.63) is 100 Å². The van der Waals surface area contributed by atoms with Gasteiger partial charge >= 0.3 is 0 Å². The Morgan fingerprint density at radius 3 is 2.58 bits per heavy atom. The second kappa shape index (κ2) is 10.2. The number of aryl methyl sites for hydroxylation is 2. The molecule has 3 aromatic heterocycles. The maximum Gasteiger partial charge on any atom is 0.249 e. The number of carbonyl (C=O) groups excluding carboxylic acids is 2. The number of rotatable bonds is 8. The lowest BCUT2D eigenvalue weighted by Gasteiger charge is -2.31. The minimum absolute atomic E-state index is 0.0686. The Bertz CT molecular complexity index is 1470. The summed E-state index contributed by atoms with van der Waals surface area (Å²) in [6.07, 6.45) is 1.56. The monoisotopic (exact) mass is 499 g/mol. The van der Waals surface area contributed by atoms with Crippen LogP contribution in [0.3, 0.4) is 0 Å². The van der Waals surface area contributed by atoms with Crippen LogP contribution < -0.4 is 10.2 Å². The molecule has 0 bridgehead atoms. The normalized spacial score (nSPS) is 11.9. The van der Waals surface area contributed by atoms with E-state index in [0.717, 1.165) is 21.5 Å². The average Bonchev–Trinajstić information content (AvgIpc) is 3.63. The molecule has 9 heteroatoms. The van der Waals surface area contributed by atoms with Crippen molar-refractivity contribution in [1.82, 2.24) is 20.3 Å². The van der Waals surface area contributed by atoms with Crippen molar-refractivity contribution in [1.29, 1.82) is 0 Å². The van der Waals surface area contributed by atoms with Gasteiger partial charge in [-0.05, 0) is 72.8 Å². The summed E-state index contributed by atoms with van der Waals surface area (Å²) < 4.78 is 6.95. The number of para-hydroxylation sites is 1. The number of nitrogens with zero attached hydrogens (tertiary/aromatic N) is 4. The van der Waals surface area contributed by atoms with Crippen LogP contribution in [0.25, 0.3) is 11.0 Å². The molecule has 0 saturated carbocycles. The SMILES string of the molecule is Cc1cc(C)cc(N(C(=O)Cn2nnc3ccccc32)[C@H](C(=O)NCc2ccco2)c2cccs2)c1. The van der Waals surface area contributed by atoms with Crippen molar-refractivity contribution in [2.24, 2.45) is 0 Å². The molecule has 0 unspecified atom stereocenters. The highest BCUT2D eigenvalue weighted by Crippen LogP contribution is 2.32. The van der Waals surface area contributed by atoms with Gasteiger partial charge in [-0.2, -0.15) is 0 Å². The molecule has 182 valence electrons. The highest BCUT2D eigenvalue weighted by molar-refractivity contribution is 7.10. The van der Waals surface area contributed by atoms with Crippen LogP contribution in [0.5, 0.6) is 0 Å². The molecule has 1 N–H and O–H groups in total. The first-order valence-electron chi connectivity index (χ1n) is 11.5. The Hall–Kier alpha value is -4.24. The third-order valence-electron chi connectivity index (χ3n) is 5.79. The van der Waals surface area contributed by atoms with E-state index in [1.54, 1.807) is 28.0 Å². The van der Waals surface area contributed by atoms with E-state index in [4.69, 9.17) is 4.42 Å². The molecule has 0 saturated heterocycles. The maximum absolute atomic E-state index is 14.0. The molecule has 2 amide bonds. The first-order valence-corrected chi connectivity index (χ1v) is 12.4. The number of fused-ring (bicyclic) bond motifs is 1. The fourth-order valence-corrected chi connectivity index (χ4v) is 5.08. The number of nitrogens with one attached hydrogen (secondary N) is 1. The van der Waals surface area contributed by atoms with E-state index in [0.29, 0.717) is 17.0 Å². The molecule has 3 heterocycles. The zero-order valence-corrected chi connectivity index (χ0v) is 20.7. The van der Waals surface area contributed by atoms with Gasteiger partial charge in [-0.15, -0.1) is 16.4 Å². The van der Waals surface area contributed by atoms with E-state index in [2.05, 4.69) is 15.6 Å². The molecule has 0 aliphatic heterocycles. The summed E-state index contributed by atoms with van der Waals surface area (Å²) in [4.78, 5) is 30.0. The highest BCUT2D eigenvalue weighted by atomic mass is 32.1. The Labute approximate surface area is 212 Å². The summed E-state index contributed by atoms with van der Waals surface area (Å²) >= 11 is 1.43. The standard InChI is InChI=1S/C27H25N5O3S/c1-18-13-19(2)15-20(14-18)32(25(33)17-31-23-9-4-3-8-22(23)29-30-31)26(24-10-6-12-36-24)27(34)28-16-21-7-5-11-35-21/h3-15,26H,16-17H2,1-2H3,(H,28,34)/t26-/m0/s1. The van der Waals surface area contributed by atoms with Crippen LogP contribution in [0.15, 0.2) is 82.8 Å². The van der Waals surface area contributed by atoms with Crippen LogP contribution >= 0.6 is 11.3 Å². The van der Waals surface area contributed by atoms with Crippen molar-refractivity contribution in [3.63, 3.8) is 0 Å². The van der Waals surface area contributed by atoms with E-state index in [1.165, 1.54) is 11.3 Å². The van der Waals surface area contributed by atoms with Gasteiger partial charge in [-0.1, -0.05) is 29.5 Å². The number of anilines is 1. The van der Waals surface area contributed by atoms with Gasteiger partial charge in [0.05, 0.1) is 18.3 Å². The summed E-state index contributed by atoms with van der Waals surface area (Å²) in [5.41, 5.74) is 4.09. The smallest absolute Gasteiger partial charge is 0.249 e. The predicted octanol–water partition coefficient (Wildman–Crippen LogP) is 4.79. The largest absolute Gasteiger partial charge is 0.467 e. The zero-order valence-electron chi connectivity index (χ0n) is 19.9. The van der Waals surface area contributed by atoms with Gasteiger partial charge in [0.2, 0.25) is 11.8 Å². The van der Waals surface area contributed by atoms with Gasteiger partial charge in [0.15, 0.2) is 0 Å². The van der Waals surface area contributed by atoms with E-state index < -0.39 is 6.04 Å². The molecular weight excluding hydrogens is 474 g/mol. The lowest BCUT2D eigenvalue weighted by molar-refractivity contribution is -0.127. The second-order valence-corrected chi connectivity index (χ2v) is 9.54. The number of thiophene rings is 1. The van der Waals surface area contributed by atoms with Crippen LogP contribution in [-0.4, -0.2) is 26.8 Å². The van der Waals surface area contributed by atoms with Gasteiger partial charge in [-0.3, -0.25) is 14.5 Å². The Morgan fingerprint density at radius 1 is 1.06 bits per heavy atom. The predicted molar refractivity (Wildman–Crippen MR) is 139 cm³/mol. The fourth-order valence-electron chi connectivity index (χ4n) is 4.27. The summed E-state index contributed by atoms with van der Waals surface area (Å²) in [7, 11) is 0. The van der Waals surface area contributed by atoms with Crippen molar-refractivity contribution in [3.8, 4) is 0 Å². The maximum atomic E-state index is 14.0. The summed E-state index contributed by atoms with van der Waals surface area (Å²) in [5, 5.41) is 13.2. The fraction of sp³-hybridized carbons (Fsp3) is 0.185. The lowest BCUT2D eigenvalue weighted by Crippen LogP contribution is -2.45. The molecular formula is C27H25N5O3S. The number of benzene rings is 2. The van der Waals surface area contributed by atoms with Crippen molar-refractivity contribution in [2.45, 2.75) is 33.0 Å². The van der Waals surface area contributed by atoms with Gasteiger partial charge < -0.3 is 9.73 Å². The number of amides is 2. The number of aromatic nitrogens is 3. The molecule has 5 rings (SSSR count). The Kier molecular flexibility index (Phi) is 6.64. The van der Waals surface area contributed by atoms with Crippen LogP contribution in [0, 0.1) is 13.8 Å². The van der Waals surface area contributed by atoms with Crippen molar-refractivity contribution in [2.75, 3.05) is 4.90 Å². The number of hydrogen-bond acceptors (Lipinski definition) is 6. The Morgan fingerprint density at radius 2 is 1.86 bits per heavy atom. The van der Waals surface area contributed by atoms with Gasteiger partial charge in [0.25, 0.3) is 0 Å². The average molecular weight is 500 g/mol. The van der Waals surface area contributed by atoms with Gasteiger partial charge in [0, 0.05) is 10.6 Å². The van der Waals surface area contributed by atoms with Crippen LogP contribution in [0.1, 0.15) is 27.8 Å². The molecule has 1 atom stereocenters. The molecule has 2 aromatic carbocycles. The summed E-state index contributed by atoms with van der Waals surface area (Å²) in [6.45, 7) is 4.10. The quantitative estimate of drug-likeness (QED) is 0.331. The molecule has 36 heavy (non-hydrogen) atoms. The summed E-state index contributed by atoms with van der Waals surface area (Å²) in [6, 6.07) is 19.8. The minimum Gasteiger partial charge on any atom is -0.467 e. The van der Waals surface area contributed by atoms with Gasteiger partial charge in [0.1, 0.15) is 23.9 Å². The van der Waals surface area contributed by atoms with E-state index >= 15 is 0 Å². The molecule has 0 aliphatic rings. The minimum atomic E-state index is -0.872. The van der Waals surface area contributed by atoms with Crippen LogP contribution in [-0.2, 0) is 22.7 Å². The number of furan rings is 1. The third-order valence-corrected chi connectivity index (χ3v) is 6.72. The van der Waals surface area contributed by atoms with Gasteiger partial charge in [-0.25, -0.2) is 4.68 Å². The first-order chi connectivity index (χ1) is 17.5. The first kappa shape index (κ1) is 23.5. The van der Waals surface area contributed by atoms with E-state index in [1.807, 2.05) is 73.8 Å². The molecule has 0 radical (unpaired) electrons. The van der Waals surface area contributed by atoms with Crippen LogP contribution in [0.2, 0.25) is 0 Å². The molecule has 5 aromatic rings. The van der Waals surface area contributed by atoms with Crippen LogP contribution in [0.4, 0.5) is 5.69 Å². The molecule has 0 aliphatic carbocycles. The molecule has 8 nitrogen and oxygen atoms in total. The third kappa shape index (κ3) is 4.92. The van der Waals surface area contributed by atoms with E-state index in [9.17, 15) is 9.59 Å². The summed E-state index contributed by atoms with van der Waals surface area (Å²) in [5.74, 6) is 0.0543. The lowest BCUT2D eigenvalue weighted by atomic mass is 10.1. The zero-order chi connectivity index (χ0) is 25.1. The Balaban J connectivity index is 1.55. The van der Waals surface area contributed by atoms with E-state index in [-0.39, 0.29) is 24.9 Å². The van der Waals surface area contributed by atoms with Crippen molar-refractivity contribution < 1.29 is 14.0 Å². The highest BCUT2D eigenvalue weighted by Gasteiger charge is 2.34. The molecule has 0 fully saturated rings. The second-order valence-electron chi connectivity index (χ2n) is 8.56. The molecule has 0 spiro atoms.